The topological polar surface area (TPSA) is 110 Å². The zero-order valence-electron chi connectivity index (χ0n) is 23.0. The van der Waals surface area contributed by atoms with Crippen LogP contribution in [-0.4, -0.2) is 57.3 Å². The molecule has 4 atom stereocenters. The van der Waals surface area contributed by atoms with E-state index in [1.165, 1.54) is 19.3 Å². The Balaban J connectivity index is 4.04. The van der Waals surface area contributed by atoms with Gasteiger partial charge in [-0.2, -0.15) is 0 Å². The normalized spacial score (nSPS) is 15.6. The molecule has 5 N–H and O–H groups in total. The van der Waals surface area contributed by atoms with Crippen LogP contribution in [-0.2, 0) is 4.79 Å². The smallest absolute Gasteiger partial charge is 0.249 e. The van der Waals surface area contributed by atoms with Crippen LogP contribution in [0.1, 0.15) is 117 Å². The van der Waals surface area contributed by atoms with Gasteiger partial charge in [0.25, 0.3) is 0 Å². The molecule has 0 spiro atoms. The van der Waals surface area contributed by atoms with Crippen molar-refractivity contribution in [2.75, 3.05) is 6.61 Å². The fourth-order valence-electron chi connectivity index (χ4n) is 3.95. The summed E-state index contributed by atoms with van der Waals surface area (Å²) in [5.41, 5.74) is 0. The lowest BCUT2D eigenvalue weighted by atomic mass is 10.00. The average Bonchev–Trinajstić information content (AvgIpc) is 2.88. The van der Waals surface area contributed by atoms with E-state index in [4.69, 9.17) is 0 Å². The number of allylic oxidation sites excluding steroid dienone is 6. The van der Waals surface area contributed by atoms with E-state index in [0.29, 0.717) is 19.3 Å². The van der Waals surface area contributed by atoms with Gasteiger partial charge in [-0.15, -0.1) is 0 Å². The number of aliphatic hydroxyl groups is 4. The first-order valence-electron chi connectivity index (χ1n) is 14.4. The fraction of sp³-hybridized carbons (Fsp3) is 0.767. The molecule has 0 fully saturated rings. The molecule has 0 aliphatic carbocycles. The lowest BCUT2D eigenvalue weighted by Gasteiger charge is -2.27. The molecular weight excluding hydrogens is 454 g/mol. The van der Waals surface area contributed by atoms with Gasteiger partial charge in [0.05, 0.1) is 18.8 Å². The van der Waals surface area contributed by atoms with Crippen LogP contribution >= 0.6 is 0 Å². The Morgan fingerprint density at radius 1 is 0.694 bits per heavy atom. The van der Waals surface area contributed by atoms with Crippen LogP contribution in [0.15, 0.2) is 36.5 Å². The number of nitrogens with one attached hydrogen (secondary N) is 1. The standard InChI is InChI=1S/C30H55NO5/c1-3-5-7-9-11-13-14-16-18-20-22-24-28(34)30(36)31-26(25-32)29(35)27(33)23-21-19-17-15-12-10-8-6-4-2/h6,8,11,13,15,17,26-29,32-35H,3-5,7,9-10,12,14,16,18-25H2,1-2H3,(H,31,36)/b8-6+,13-11-,17-15+. The fourth-order valence-corrected chi connectivity index (χ4v) is 3.95. The molecule has 0 aromatic carbocycles. The minimum atomic E-state index is -1.29. The molecule has 4 unspecified atom stereocenters. The Labute approximate surface area is 220 Å². The van der Waals surface area contributed by atoms with Gasteiger partial charge in [0.2, 0.25) is 5.91 Å². The van der Waals surface area contributed by atoms with E-state index in [-0.39, 0.29) is 0 Å². The third-order valence-corrected chi connectivity index (χ3v) is 6.31. The average molecular weight is 510 g/mol. The predicted molar refractivity (Wildman–Crippen MR) is 150 cm³/mol. The van der Waals surface area contributed by atoms with Gasteiger partial charge in [-0.3, -0.25) is 4.79 Å². The second kappa shape index (κ2) is 25.2. The number of rotatable bonds is 24. The van der Waals surface area contributed by atoms with Crippen LogP contribution in [0.2, 0.25) is 0 Å². The summed E-state index contributed by atoms with van der Waals surface area (Å²) in [5, 5.41) is 42.9. The largest absolute Gasteiger partial charge is 0.394 e. The quantitative estimate of drug-likeness (QED) is 0.0872. The maximum Gasteiger partial charge on any atom is 0.249 e. The van der Waals surface area contributed by atoms with Crippen molar-refractivity contribution in [3.8, 4) is 0 Å². The predicted octanol–water partition coefficient (Wildman–Crippen LogP) is 5.50. The number of hydrogen-bond acceptors (Lipinski definition) is 5. The highest BCUT2D eigenvalue weighted by molar-refractivity contribution is 5.80. The molecule has 0 saturated carbocycles. The van der Waals surface area contributed by atoms with Gasteiger partial charge in [-0.1, -0.05) is 82.4 Å². The molecule has 0 heterocycles. The molecular formula is C30H55NO5. The Hall–Kier alpha value is -1.47. The van der Waals surface area contributed by atoms with Crippen molar-refractivity contribution in [2.24, 2.45) is 0 Å². The van der Waals surface area contributed by atoms with Gasteiger partial charge in [0.1, 0.15) is 12.2 Å². The monoisotopic (exact) mass is 509 g/mol. The molecule has 36 heavy (non-hydrogen) atoms. The van der Waals surface area contributed by atoms with Crippen molar-refractivity contribution in [3.05, 3.63) is 36.5 Å². The number of carbonyl (C=O) groups is 1. The van der Waals surface area contributed by atoms with Gasteiger partial charge in [0, 0.05) is 0 Å². The van der Waals surface area contributed by atoms with Crippen molar-refractivity contribution < 1.29 is 25.2 Å². The summed E-state index contributed by atoms with van der Waals surface area (Å²) in [4.78, 5) is 12.3. The van der Waals surface area contributed by atoms with E-state index >= 15 is 0 Å². The van der Waals surface area contributed by atoms with Crippen LogP contribution in [0, 0.1) is 0 Å². The van der Waals surface area contributed by atoms with Crippen LogP contribution in [0.25, 0.3) is 0 Å². The van der Waals surface area contributed by atoms with E-state index in [1.807, 2.05) is 0 Å². The highest BCUT2D eigenvalue weighted by Crippen LogP contribution is 2.12. The van der Waals surface area contributed by atoms with Gasteiger partial charge in [0.15, 0.2) is 0 Å². The summed E-state index contributed by atoms with van der Waals surface area (Å²) >= 11 is 0. The lowest BCUT2D eigenvalue weighted by Crippen LogP contribution is -2.53. The number of hydrogen-bond donors (Lipinski definition) is 5. The van der Waals surface area contributed by atoms with Crippen molar-refractivity contribution >= 4 is 5.91 Å². The van der Waals surface area contributed by atoms with Crippen LogP contribution in [0.4, 0.5) is 0 Å². The summed E-state index contributed by atoms with van der Waals surface area (Å²) in [5.74, 6) is -0.615. The molecule has 6 heteroatoms. The van der Waals surface area contributed by atoms with Crippen LogP contribution in [0.3, 0.4) is 0 Å². The minimum absolute atomic E-state index is 0.343. The molecule has 0 aromatic rings. The molecule has 0 bridgehead atoms. The SMILES string of the molecule is CC/C=C/CC/C=C/CCCC(O)C(O)C(CO)NC(=O)C(O)CCCCCC/C=C\CCCCC. The molecule has 0 saturated heterocycles. The number of carbonyl (C=O) groups excluding carboxylic acids is 1. The molecule has 1 amide bonds. The third-order valence-electron chi connectivity index (χ3n) is 6.31. The Kier molecular flexibility index (Phi) is 24.2. The maximum absolute atomic E-state index is 12.3. The zero-order valence-corrected chi connectivity index (χ0v) is 23.0. The third kappa shape index (κ3) is 19.7. The molecule has 0 aliphatic rings. The Bertz CT molecular complexity index is 590. The van der Waals surface area contributed by atoms with Crippen molar-refractivity contribution in [3.63, 3.8) is 0 Å². The minimum Gasteiger partial charge on any atom is -0.394 e. The first-order valence-corrected chi connectivity index (χ1v) is 14.4. The van der Waals surface area contributed by atoms with Crippen molar-refractivity contribution in [1.29, 1.82) is 0 Å². The second-order valence-electron chi connectivity index (χ2n) is 9.69. The van der Waals surface area contributed by atoms with Gasteiger partial charge >= 0.3 is 0 Å². The van der Waals surface area contributed by atoms with Gasteiger partial charge in [-0.25, -0.2) is 0 Å². The van der Waals surface area contributed by atoms with E-state index < -0.39 is 36.9 Å². The first-order chi connectivity index (χ1) is 17.5. The highest BCUT2D eigenvalue weighted by atomic mass is 16.3. The van der Waals surface area contributed by atoms with Crippen molar-refractivity contribution in [2.45, 2.75) is 141 Å². The summed E-state index contributed by atoms with van der Waals surface area (Å²) in [6.07, 6.45) is 24.6. The molecule has 210 valence electrons. The summed E-state index contributed by atoms with van der Waals surface area (Å²) in [7, 11) is 0. The lowest BCUT2D eigenvalue weighted by molar-refractivity contribution is -0.132. The second-order valence-corrected chi connectivity index (χ2v) is 9.69. The Morgan fingerprint density at radius 2 is 1.25 bits per heavy atom. The number of aliphatic hydroxyl groups excluding tert-OH is 4. The van der Waals surface area contributed by atoms with E-state index in [2.05, 4.69) is 55.6 Å². The molecule has 0 radical (unpaired) electrons. The van der Waals surface area contributed by atoms with Crippen LogP contribution in [0.5, 0.6) is 0 Å². The van der Waals surface area contributed by atoms with Gasteiger partial charge in [-0.05, 0) is 70.6 Å². The molecule has 0 aliphatic heterocycles. The van der Waals surface area contributed by atoms with Crippen LogP contribution < -0.4 is 5.32 Å². The van der Waals surface area contributed by atoms with E-state index in [1.54, 1.807) is 0 Å². The van der Waals surface area contributed by atoms with Gasteiger partial charge < -0.3 is 25.7 Å². The zero-order chi connectivity index (χ0) is 26.9. The molecule has 0 aromatic heterocycles. The Morgan fingerprint density at radius 3 is 1.86 bits per heavy atom. The molecule has 0 rings (SSSR count). The van der Waals surface area contributed by atoms with E-state index in [0.717, 1.165) is 64.2 Å². The number of amides is 1. The number of unbranched alkanes of at least 4 members (excludes halogenated alkanes) is 9. The molecule has 6 nitrogen and oxygen atoms in total. The summed E-state index contributed by atoms with van der Waals surface area (Å²) in [6, 6.07) is -1.01. The highest BCUT2D eigenvalue weighted by Gasteiger charge is 2.28. The maximum atomic E-state index is 12.3. The van der Waals surface area contributed by atoms with Crippen molar-refractivity contribution in [1.82, 2.24) is 5.32 Å². The first kappa shape index (κ1) is 34.5. The summed E-state index contributed by atoms with van der Waals surface area (Å²) in [6.45, 7) is 3.81. The summed E-state index contributed by atoms with van der Waals surface area (Å²) < 4.78 is 0. The van der Waals surface area contributed by atoms with E-state index in [9.17, 15) is 25.2 Å².